The molecule has 1 fully saturated rings. The van der Waals surface area contributed by atoms with Crippen LogP contribution in [0.4, 0.5) is 0 Å². The number of nitrogens with one attached hydrogen (secondary N) is 1. The molecule has 118 valence electrons. The van der Waals surface area contributed by atoms with Crippen molar-refractivity contribution >= 4 is 11.6 Å². The molecule has 1 N–H and O–H groups in total. The van der Waals surface area contributed by atoms with Gasteiger partial charge in [0.1, 0.15) is 5.75 Å². The highest BCUT2D eigenvalue weighted by molar-refractivity contribution is 6.31. The Bertz CT molecular complexity index is 466. The van der Waals surface area contributed by atoms with Crippen molar-refractivity contribution in [3.05, 3.63) is 28.8 Å². The van der Waals surface area contributed by atoms with Crippen LogP contribution in [0.5, 0.6) is 5.75 Å². The van der Waals surface area contributed by atoms with Gasteiger partial charge in [0.15, 0.2) is 0 Å². The topological polar surface area (TPSA) is 33.7 Å². The highest BCUT2D eigenvalue weighted by Crippen LogP contribution is 2.40. The normalized spacial score (nSPS) is 23.5. The summed E-state index contributed by atoms with van der Waals surface area (Å²) in [7, 11) is 3.63. The quantitative estimate of drug-likeness (QED) is 0.906. The minimum atomic E-state index is 0.0555. The molecule has 1 aliphatic rings. The van der Waals surface area contributed by atoms with Gasteiger partial charge in [0.25, 0.3) is 0 Å². The lowest BCUT2D eigenvalue weighted by Crippen LogP contribution is -2.51. The number of morpholine rings is 1. The van der Waals surface area contributed by atoms with Crippen LogP contribution in [-0.2, 0) is 4.74 Å². The molecule has 5 heteroatoms. The van der Waals surface area contributed by atoms with Gasteiger partial charge in [-0.05, 0) is 33.0 Å². The van der Waals surface area contributed by atoms with E-state index in [1.54, 1.807) is 7.11 Å². The fraction of sp³-hybridized carbons (Fsp3) is 0.625. The number of rotatable bonds is 5. The number of halogens is 1. The molecule has 1 saturated heterocycles. The maximum atomic E-state index is 6.49. The zero-order chi connectivity index (χ0) is 15.4. The highest BCUT2D eigenvalue weighted by atomic mass is 35.5. The van der Waals surface area contributed by atoms with Crippen molar-refractivity contribution in [3.63, 3.8) is 0 Å². The first-order chi connectivity index (χ1) is 10.1. The van der Waals surface area contributed by atoms with Crippen molar-refractivity contribution in [2.24, 2.45) is 0 Å². The molecular formula is C16H25ClN2O2. The molecular weight excluding hydrogens is 288 g/mol. The number of hydrogen-bond donors (Lipinski definition) is 1. The summed E-state index contributed by atoms with van der Waals surface area (Å²) in [5.74, 6) is 0.824. The van der Waals surface area contributed by atoms with Gasteiger partial charge in [0, 0.05) is 29.7 Å². The Morgan fingerprint density at radius 2 is 2.24 bits per heavy atom. The molecule has 0 bridgehead atoms. The molecule has 1 heterocycles. The van der Waals surface area contributed by atoms with Crippen molar-refractivity contribution in [2.45, 2.75) is 32.0 Å². The van der Waals surface area contributed by atoms with E-state index in [0.29, 0.717) is 6.04 Å². The molecule has 21 heavy (non-hydrogen) atoms. The first-order valence-electron chi connectivity index (χ1n) is 7.44. The van der Waals surface area contributed by atoms with Crippen molar-refractivity contribution < 1.29 is 9.47 Å². The Hall–Kier alpha value is -0.810. The number of hydrogen-bond acceptors (Lipinski definition) is 4. The van der Waals surface area contributed by atoms with Gasteiger partial charge in [-0.25, -0.2) is 0 Å². The summed E-state index contributed by atoms with van der Waals surface area (Å²) in [6.45, 7) is 6.84. The van der Waals surface area contributed by atoms with Crippen LogP contribution in [0.3, 0.4) is 0 Å². The second-order valence-corrected chi connectivity index (χ2v) is 6.01. The van der Waals surface area contributed by atoms with Gasteiger partial charge < -0.3 is 14.8 Å². The van der Waals surface area contributed by atoms with E-state index >= 15 is 0 Å². The fourth-order valence-electron chi connectivity index (χ4n) is 3.04. The Labute approximate surface area is 132 Å². The van der Waals surface area contributed by atoms with Crippen LogP contribution in [0.2, 0.25) is 5.02 Å². The summed E-state index contributed by atoms with van der Waals surface area (Å²) in [5, 5.41) is 3.95. The molecule has 0 saturated carbocycles. The van der Waals surface area contributed by atoms with Crippen molar-refractivity contribution in [1.82, 2.24) is 10.2 Å². The first kappa shape index (κ1) is 16.6. The first-order valence-corrected chi connectivity index (χ1v) is 7.82. The predicted molar refractivity (Wildman–Crippen MR) is 86.3 cm³/mol. The number of ether oxygens (including phenoxy) is 2. The van der Waals surface area contributed by atoms with Gasteiger partial charge >= 0.3 is 0 Å². The van der Waals surface area contributed by atoms with Gasteiger partial charge in [-0.15, -0.1) is 0 Å². The molecule has 0 spiro atoms. The van der Waals surface area contributed by atoms with Crippen molar-refractivity contribution in [3.8, 4) is 5.75 Å². The molecule has 0 aromatic heterocycles. The van der Waals surface area contributed by atoms with E-state index in [-0.39, 0.29) is 12.1 Å². The molecule has 2 atom stereocenters. The monoisotopic (exact) mass is 312 g/mol. The van der Waals surface area contributed by atoms with Crippen LogP contribution in [0.25, 0.3) is 0 Å². The Morgan fingerprint density at radius 3 is 2.86 bits per heavy atom. The summed E-state index contributed by atoms with van der Waals surface area (Å²) < 4.78 is 11.5. The van der Waals surface area contributed by atoms with Crippen molar-refractivity contribution in [2.75, 3.05) is 33.9 Å². The molecule has 2 unspecified atom stereocenters. The maximum Gasteiger partial charge on any atom is 0.125 e. The molecule has 1 aromatic carbocycles. The number of methoxy groups -OCH3 is 1. The average Bonchev–Trinajstić information content (AvgIpc) is 2.47. The zero-order valence-corrected chi connectivity index (χ0v) is 14.0. The standard InChI is InChI=1S/C16H25ClN2O2/c1-11(2)19-8-9-21-14(10-18-3)16(19)15-12(17)6-5-7-13(15)20-4/h5-7,11,14,16,18H,8-10H2,1-4H3. The molecule has 0 aliphatic carbocycles. The largest absolute Gasteiger partial charge is 0.496 e. The second kappa shape index (κ2) is 7.45. The summed E-state index contributed by atoms with van der Waals surface area (Å²) in [4.78, 5) is 2.44. The predicted octanol–water partition coefficient (Wildman–Crippen LogP) is 2.72. The molecule has 2 rings (SSSR count). The molecule has 0 amide bonds. The van der Waals surface area contributed by atoms with Crippen LogP contribution in [-0.4, -0.2) is 50.9 Å². The number of nitrogens with zero attached hydrogens (tertiary/aromatic N) is 1. The molecule has 0 radical (unpaired) electrons. The van der Waals surface area contributed by atoms with E-state index < -0.39 is 0 Å². The van der Waals surface area contributed by atoms with E-state index in [2.05, 4.69) is 24.1 Å². The van der Waals surface area contributed by atoms with Crippen LogP contribution in [0.1, 0.15) is 25.5 Å². The van der Waals surface area contributed by atoms with Crippen molar-refractivity contribution in [1.29, 1.82) is 0 Å². The average molecular weight is 313 g/mol. The maximum absolute atomic E-state index is 6.49. The van der Waals surface area contributed by atoms with Gasteiger partial charge in [-0.1, -0.05) is 17.7 Å². The number of likely N-dealkylation sites (N-methyl/N-ethyl adjacent to an activating group) is 1. The molecule has 1 aromatic rings. The van der Waals surface area contributed by atoms with Crippen LogP contribution in [0.15, 0.2) is 18.2 Å². The molecule has 4 nitrogen and oxygen atoms in total. The Morgan fingerprint density at radius 1 is 1.48 bits per heavy atom. The summed E-state index contributed by atoms with van der Waals surface area (Å²) in [6, 6.07) is 6.31. The van der Waals surface area contributed by atoms with E-state index in [1.807, 2.05) is 25.2 Å². The third kappa shape index (κ3) is 3.51. The third-order valence-corrected chi connectivity index (χ3v) is 4.32. The van der Waals surface area contributed by atoms with E-state index in [0.717, 1.165) is 36.0 Å². The van der Waals surface area contributed by atoms with Crippen LogP contribution in [0, 0.1) is 0 Å². The zero-order valence-electron chi connectivity index (χ0n) is 13.2. The molecule has 1 aliphatic heterocycles. The Kier molecular flexibility index (Phi) is 5.88. The Balaban J connectivity index is 2.47. The summed E-state index contributed by atoms with van der Waals surface area (Å²) in [6.07, 6.45) is 0.0555. The highest BCUT2D eigenvalue weighted by Gasteiger charge is 2.37. The van der Waals surface area contributed by atoms with Crippen LogP contribution < -0.4 is 10.1 Å². The number of benzene rings is 1. The third-order valence-electron chi connectivity index (χ3n) is 3.99. The van der Waals surface area contributed by atoms with Gasteiger partial charge in [-0.3, -0.25) is 4.90 Å². The SMILES string of the molecule is CNCC1OCCN(C(C)C)C1c1c(Cl)cccc1OC. The second-order valence-electron chi connectivity index (χ2n) is 5.60. The van der Waals surface area contributed by atoms with E-state index in [4.69, 9.17) is 21.1 Å². The van der Waals surface area contributed by atoms with Gasteiger partial charge in [0.2, 0.25) is 0 Å². The lowest BCUT2D eigenvalue weighted by molar-refractivity contribution is -0.0820. The van der Waals surface area contributed by atoms with E-state index in [1.165, 1.54) is 0 Å². The fourth-order valence-corrected chi connectivity index (χ4v) is 3.32. The lowest BCUT2D eigenvalue weighted by atomic mass is 9.95. The van der Waals surface area contributed by atoms with Crippen LogP contribution >= 0.6 is 11.6 Å². The van der Waals surface area contributed by atoms with Gasteiger partial charge in [-0.2, -0.15) is 0 Å². The minimum absolute atomic E-state index is 0.0555. The lowest BCUT2D eigenvalue weighted by Gasteiger charge is -2.44. The van der Waals surface area contributed by atoms with Gasteiger partial charge in [0.05, 0.1) is 25.9 Å². The summed E-state index contributed by atoms with van der Waals surface area (Å²) in [5.41, 5.74) is 1.02. The smallest absolute Gasteiger partial charge is 0.125 e. The van der Waals surface area contributed by atoms with E-state index in [9.17, 15) is 0 Å². The summed E-state index contributed by atoms with van der Waals surface area (Å²) >= 11 is 6.49. The minimum Gasteiger partial charge on any atom is -0.496 e.